The van der Waals surface area contributed by atoms with E-state index in [0.717, 1.165) is 25.9 Å². The van der Waals surface area contributed by atoms with Crippen molar-refractivity contribution in [3.8, 4) is 6.07 Å². The minimum atomic E-state index is 0.209. The normalized spacial score (nSPS) is 19.4. The van der Waals surface area contributed by atoms with Gasteiger partial charge in [-0.15, -0.1) is 0 Å². The molecule has 0 aliphatic carbocycles. The fourth-order valence-electron chi connectivity index (χ4n) is 1.23. The molecule has 1 aliphatic rings. The van der Waals surface area contributed by atoms with Crippen LogP contribution >= 0.6 is 12.2 Å². The maximum Gasteiger partial charge on any atom is 0.166 e. The Bertz CT molecular complexity index is 188. The number of hydrogen-bond acceptors (Lipinski definition) is 2. The molecule has 0 saturated carbocycles. The molecular weight excluding hydrogens is 158 g/mol. The lowest BCUT2D eigenvalue weighted by atomic mass is 9.99. The minimum absolute atomic E-state index is 0.209. The van der Waals surface area contributed by atoms with Gasteiger partial charge in [0.15, 0.2) is 5.11 Å². The van der Waals surface area contributed by atoms with Gasteiger partial charge < -0.3 is 10.6 Å². The molecule has 60 valence electrons. The smallest absolute Gasteiger partial charge is 0.166 e. The summed E-state index contributed by atoms with van der Waals surface area (Å²) in [6, 6.07) is 2.25. The zero-order valence-electron chi connectivity index (χ0n) is 6.29. The second kappa shape index (κ2) is 3.54. The van der Waals surface area contributed by atoms with Gasteiger partial charge in [0.2, 0.25) is 0 Å². The summed E-state index contributed by atoms with van der Waals surface area (Å²) < 4.78 is 0. The molecule has 0 amide bonds. The third-order valence-corrected chi connectivity index (χ3v) is 2.25. The highest BCUT2D eigenvalue weighted by atomic mass is 32.1. The van der Waals surface area contributed by atoms with E-state index in [-0.39, 0.29) is 5.92 Å². The van der Waals surface area contributed by atoms with Crippen LogP contribution in [0.2, 0.25) is 0 Å². The molecule has 0 unspecified atom stereocenters. The van der Waals surface area contributed by atoms with Gasteiger partial charge in [0, 0.05) is 19.0 Å². The van der Waals surface area contributed by atoms with Gasteiger partial charge in [0.25, 0.3) is 0 Å². The maximum absolute atomic E-state index is 8.58. The number of nitrogens with two attached hydrogens (primary N) is 1. The highest BCUT2D eigenvalue weighted by Gasteiger charge is 2.18. The Kier molecular flexibility index (Phi) is 2.66. The first-order valence-corrected chi connectivity index (χ1v) is 4.09. The zero-order valence-corrected chi connectivity index (χ0v) is 7.10. The third-order valence-electron chi connectivity index (χ3n) is 1.99. The summed E-state index contributed by atoms with van der Waals surface area (Å²) in [5.41, 5.74) is 5.43. The molecule has 1 fully saturated rings. The van der Waals surface area contributed by atoms with Crippen LogP contribution < -0.4 is 5.73 Å². The van der Waals surface area contributed by atoms with Gasteiger partial charge in [-0.05, 0) is 25.1 Å². The van der Waals surface area contributed by atoms with Gasteiger partial charge in [0.05, 0.1) is 6.07 Å². The summed E-state index contributed by atoms with van der Waals surface area (Å²) >= 11 is 4.81. The van der Waals surface area contributed by atoms with Crippen molar-refractivity contribution in [2.45, 2.75) is 12.8 Å². The molecule has 1 heterocycles. The summed E-state index contributed by atoms with van der Waals surface area (Å²) in [5.74, 6) is 0.209. The molecule has 0 aromatic carbocycles. The highest BCUT2D eigenvalue weighted by Crippen LogP contribution is 2.15. The van der Waals surface area contributed by atoms with Crippen LogP contribution in [0.3, 0.4) is 0 Å². The van der Waals surface area contributed by atoms with Crippen molar-refractivity contribution in [2.24, 2.45) is 11.7 Å². The van der Waals surface area contributed by atoms with E-state index in [1.165, 1.54) is 0 Å². The Balaban J connectivity index is 2.37. The van der Waals surface area contributed by atoms with Crippen molar-refractivity contribution in [3.05, 3.63) is 0 Å². The molecule has 4 heteroatoms. The summed E-state index contributed by atoms with van der Waals surface area (Å²) in [6.45, 7) is 1.68. The fourth-order valence-corrected chi connectivity index (χ4v) is 1.41. The Morgan fingerprint density at radius 3 is 2.45 bits per heavy atom. The van der Waals surface area contributed by atoms with Crippen molar-refractivity contribution >= 4 is 17.3 Å². The van der Waals surface area contributed by atoms with Gasteiger partial charge in [-0.2, -0.15) is 5.26 Å². The molecule has 1 rings (SSSR count). The van der Waals surface area contributed by atoms with Gasteiger partial charge in [0.1, 0.15) is 0 Å². The molecule has 0 radical (unpaired) electrons. The van der Waals surface area contributed by atoms with Crippen LogP contribution in [0.15, 0.2) is 0 Å². The van der Waals surface area contributed by atoms with Gasteiger partial charge in [-0.1, -0.05) is 0 Å². The molecule has 11 heavy (non-hydrogen) atoms. The van der Waals surface area contributed by atoms with E-state index in [4.69, 9.17) is 23.2 Å². The number of nitrogens with zero attached hydrogens (tertiary/aromatic N) is 2. The SMILES string of the molecule is N#CC1CCN(C(N)=S)CC1. The number of nitriles is 1. The molecule has 0 spiro atoms. The number of likely N-dealkylation sites (tertiary alicyclic amines) is 1. The maximum atomic E-state index is 8.58. The summed E-state index contributed by atoms with van der Waals surface area (Å²) in [5, 5.41) is 9.04. The highest BCUT2D eigenvalue weighted by molar-refractivity contribution is 7.80. The van der Waals surface area contributed by atoms with E-state index in [9.17, 15) is 0 Å². The molecule has 0 atom stereocenters. The van der Waals surface area contributed by atoms with E-state index in [0.29, 0.717) is 5.11 Å². The molecule has 0 aromatic rings. The number of piperidine rings is 1. The molecule has 1 aliphatic heterocycles. The second-order valence-electron chi connectivity index (χ2n) is 2.73. The van der Waals surface area contributed by atoms with Crippen molar-refractivity contribution in [1.82, 2.24) is 4.90 Å². The Labute approximate surface area is 71.8 Å². The molecule has 0 aromatic heterocycles. The number of thiocarbonyl (C=S) groups is 1. The van der Waals surface area contributed by atoms with Crippen molar-refractivity contribution in [1.29, 1.82) is 5.26 Å². The minimum Gasteiger partial charge on any atom is -0.376 e. The zero-order chi connectivity index (χ0) is 8.27. The van der Waals surface area contributed by atoms with Crippen LogP contribution in [0.25, 0.3) is 0 Å². The average molecular weight is 169 g/mol. The summed E-state index contributed by atoms with van der Waals surface area (Å²) in [7, 11) is 0. The summed E-state index contributed by atoms with van der Waals surface area (Å²) in [6.07, 6.45) is 1.79. The van der Waals surface area contributed by atoms with Crippen LogP contribution in [0, 0.1) is 17.2 Å². The molecule has 2 N–H and O–H groups in total. The van der Waals surface area contributed by atoms with Crippen molar-refractivity contribution in [3.63, 3.8) is 0 Å². The average Bonchev–Trinajstić information content (AvgIpc) is 2.05. The first-order chi connectivity index (χ1) is 5.24. The van der Waals surface area contributed by atoms with E-state index in [2.05, 4.69) is 6.07 Å². The molecule has 3 nitrogen and oxygen atoms in total. The summed E-state index contributed by atoms with van der Waals surface area (Å²) in [4.78, 5) is 1.95. The van der Waals surface area contributed by atoms with Crippen molar-refractivity contribution < 1.29 is 0 Å². The van der Waals surface area contributed by atoms with Crippen LogP contribution in [-0.4, -0.2) is 23.1 Å². The molecular formula is C7H11N3S. The monoisotopic (exact) mass is 169 g/mol. The Morgan fingerprint density at radius 1 is 1.55 bits per heavy atom. The van der Waals surface area contributed by atoms with Crippen LogP contribution in [0.4, 0.5) is 0 Å². The lowest BCUT2D eigenvalue weighted by molar-refractivity contribution is 0.305. The standard InChI is InChI=1S/C7H11N3S/c8-5-6-1-3-10(4-2-6)7(9)11/h6H,1-4H2,(H2,9,11). The Morgan fingerprint density at radius 2 is 2.09 bits per heavy atom. The predicted molar refractivity (Wildman–Crippen MR) is 46.7 cm³/mol. The van der Waals surface area contributed by atoms with E-state index in [1.54, 1.807) is 0 Å². The van der Waals surface area contributed by atoms with Crippen LogP contribution in [0.5, 0.6) is 0 Å². The van der Waals surface area contributed by atoms with E-state index >= 15 is 0 Å². The van der Waals surface area contributed by atoms with E-state index < -0.39 is 0 Å². The van der Waals surface area contributed by atoms with Crippen LogP contribution in [0.1, 0.15) is 12.8 Å². The van der Waals surface area contributed by atoms with Crippen molar-refractivity contribution in [2.75, 3.05) is 13.1 Å². The Hall–Kier alpha value is -0.820. The first kappa shape index (κ1) is 8.28. The quantitative estimate of drug-likeness (QED) is 0.535. The second-order valence-corrected chi connectivity index (χ2v) is 3.15. The van der Waals surface area contributed by atoms with Crippen LogP contribution in [-0.2, 0) is 0 Å². The number of hydrogen-bond donors (Lipinski definition) is 1. The van der Waals surface area contributed by atoms with Gasteiger partial charge in [-0.3, -0.25) is 0 Å². The first-order valence-electron chi connectivity index (χ1n) is 3.68. The third kappa shape index (κ3) is 2.05. The lowest BCUT2D eigenvalue weighted by Gasteiger charge is -2.29. The number of rotatable bonds is 0. The molecule has 1 saturated heterocycles. The van der Waals surface area contributed by atoms with Gasteiger partial charge >= 0.3 is 0 Å². The fraction of sp³-hybridized carbons (Fsp3) is 0.714. The lowest BCUT2D eigenvalue weighted by Crippen LogP contribution is -2.41. The largest absolute Gasteiger partial charge is 0.376 e. The molecule has 0 bridgehead atoms. The van der Waals surface area contributed by atoms with Gasteiger partial charge in [-0.25, -0.2) is 0 Å². The van der Waals surface area contributed by atoms with E-state index in [1.807, 2.05) is 4.90 Å². The predicted octanol–water partition coefficient (Wildman–Crippen LogP) is 0.466. The topological polar surface area (TPSA) is 53.0 Å².